The predicted octanol–water partition coefficient (Wildman–Crippen LogP) is 0.836. The molecular formula is C9H17F3N2O3S. The Balaban J connectivity index is 2.94. The smallest absolute Gasteiger partial charge is 0.381 e. The predicted molar refractivity (Wildman–Crippen MR) is 59.2 cm³/mol. The molecule has 0 bridgehead atoms. The summed E-state index contributed by atoms with van der Waals surface area (Å²) in [5.74, 6) is 0. The van der Waals surface area contributed by atoms with Crippen LogP contribution in [0.15, 0.2) is 0 Å². The van der Waals surface area contributed by atoms with Gasteiger partial charge in [0.1, 0.15) is 6.54 Å². The summed E-state index contributed by atoms with van der Waals surface area (Å²) in [4.78, 5) is 0. The van der Waals surface area contributed by atoms with E-state index in [1.165, 1.54) is 14.1 Å². The van der Waals surface area contributed by atoms with Crippen LogP contribution < -0.4 is 0 Å². The zero-order valence-corrected chi connectivity index (χ0v) is 11.1. The third-order valence-electron chi connectivity index (χ3n) is 2.69. The molecule has 0 amide bonds. The molecule has 9 heteroatoms. The summed E-state index contributed by atoms with van der Waals surface area (Å²) in [5.41, 5.74) is 0. The highest BCUT2D eigenvalue weighted by atomic mass is 32.2. The third kappa shape index (κ3) is 4.08. The Morgan fingerprint density at radius 2 is 1.72 bits per heavy atom. The van der Waals surface area contributed by atoms with Gasteiger partial charge >= 0.3 is 6.18 Å². The molecule has 0 aromatic carbocycles. The van der Waals surface area contributed by atoms with Crippen LogP contribution in [-0.4, -0.2) is 63.1 Å². The lowest BCUT2D eigenvalue weighted by Gasteiger charge is -2.35. The van der Waals surface area contributed by atoms with Gasteiger partial charge in [-0.2, -0.15) is 30.2 Å². The Kier molecular flexibility index (Phi) is 4.98. The molecule has 108 valence electrons. The number of nitrogens with zero attached hydrogens (tertiary/aromatic N) is 2. The normalized spacial score (nSPS) is 19.7. The molecule has 1 aliphatic heterocycles. The highest BCUT2D eigenvalue weighted by Crippen LogP contribution is 2.25. The highest BCUT2D eigenvalue weighted by Gasteiger charge is 2.41. The van der Waals surface area contributed by atoms with Crippen LogP contribution in [0.3, 0.4) is 0 Å². The first kappa shape index (κ1) is 15.7. The van der Waals surface area contributed by atoms with E-state index >= 15 is 0 Å². The van der Waals surface area contributed by atoms with Gasteiger partial charge in [-0.15, -0.1) is 0 Å². The summed E-state index contributed by atoms with van der Waals surface area (Å²) < 4.78 is 67.7. The van der Waals surface area contributed by atoms with Crippen LogP contribution in [0.1, 0.15) is 12.8 Å². The van der Waals surface area contributed by atoms with Gasteiger partial charge in [-0.3, -0.25) is 0 Å². The van der Waals surface area contributed by atoms with Crippen LogP contribution in [0, 0.1) is 0 Å². The fourth-order valence-electron chi connectivity index (χ4n) is 1.76. The molecule has 1 aliphatic rings. The first-order valence-corrected chi connectivity index (χ1v) is 6.88. The van der Waals surface area contributed by atoms with E-state index in [0.717, 1.165) is 4.31 Å². The fraction of sp³-hybridized carbons (Fsp3) is 1.00. The monoisotopic (exact) mass is 290 g/mol. The van der Waals surface area contributed by atoms with E-state index < -0.39 is 29.0 Å². The van der Waals surface area contributed by atoms with Crippen molar-refractivity contribution >= 4 is 10.2 Å². The molecule has 5 nitrogen and oxygen atoms in total. The Morgan fingerprint density at radius 3 is 2.11 bits per heavy atom. The minimum Gasteiger partial charge on any atom is -0.381 e. The van der Waals surface area contributed by atoms with Crippen LogP contribution in [0.2, 0.25) is 0 Å². The topological polar surface area (TPSA) is 49.9 Å². The van der Waals surface area contributed by atoms with Gasteiger partial charge in [0, 0.05) is 33.4 Å². The summed E-state index contributed by atoms with van der Waals surface area (Å²) in [6, 6.07) is -0.659. The number of hydrogen-bond donors (Lipinski definition) is 0. The molecular weight excluding hydrogens is 273 g/mol. The fourth-order valence-corrected chi connectivity index (χ4v) is 3.08. The molecule has 0 N–H and O–H groups in total. The van der Waals surface area contributed by atoms with Crippen molar-refractivity contribution in [3.8, 4) is 0 Å². The standard InChI is InChI=1S/C9H17F3N2O3S/c1-13(2)18(15,16)14(7-9(10,11)12)8-3-5-17-6-4-8/h8H,3-7H2,1-2H3. The minimum absolute atomic E-state index is 0.280. The van der Waals surface area contributed by atoms with Gasteiger partial charge < -0.3 is 4.74 Å². The zero-order valence-electron chi connectivity index (χ0n) is 10.3. The maximum absolute atomic E-state index is 12.5. The van der Waals surface area contributed by atoms with Crippen molar-refractivity contribution in [2.45, 2.75) is 25.1 Å². The van der Waals surface area contributed by atoms with E-state index in [0.29, 0.717) is 4.31 Å². The average molecular weight is 290 g/mol. The molecule has 18 heavy (non-hydrogen) atoms. The van der Waals surface area contributed by atoms with E-state index in [1.54, 1.807) is 0 Å². The molecule has 0 saturated carbocycles. The second kappa shape index (κ2) is 5.72. The first-order chi connectivity index (χ1) is 8.14. The van der Waals surface area contributed by atoms with E-state index in [9.17, 15) is 21.6 Å². The summed E-state index contributed by atoms with van der Waals surface area (Å²) >= 11 is 0. The van der Waals surface area contributed by atoms with Crippen LogP contribution in [0.25, 0.3) is 0 Å². The summed E-state index contributed by atoms with van der Waals surface area (Å²) in [7, 11) is -1.64. The Morgan fingerprint density at radius 1 is 1.22 bits per heavy atom. The van der Waals surface area contributed by atoms with Gasteiger partial charge in [0.25, 0.3) is 10.2 Å². The molecule has 1 fully saturated rings. The van der Waals surface area contributed by atoms with Gasteiger partial charge in [0.15, 0.2) is 0 Å². The van der Waals surface area contributed by atoms with Gasteiger partial charge in [-0.25, -0.2) is 0 Å². The molecule has 0 radical (unpaired) electrons. The summed E-state index contributed by atoms with van der Waals surface area (Å²) in [5, 5.41) is 0. The van der Waals surface area contributed by atoms with Crippen molar-refractivity contribution in [1.29, 1.82) is 0 Å². The number of alkyl halides is 3. The lowest BCUT2D eigenvalue weighted by atomic mass is 10.1. The molecule has 1 saturated heterocycles. The number of rotatable bonds is 4. The maximum Gasteiger partial charge on any atom is 0.402 e. The summed E-state index contributed by atoms with van der Waals surface area (Å²) in [6.07, 6.45) is -3.99. The zero-order chi connectivity index (χ0) is 14.0. The van der Waals surface area contributed by atoms with E-state index in [2.05, 4.69) is 0 Å². The van der Waals surface area contributed by atoms with Gasteiger partial charge in [0.05, 0.1) is 0 Å². The van der Waals surface area contributed by atoms with Crippen molar-refractivity contribution in [2.24, 2.45) is 0 Å². The van der Waals surface area contributed by atoms with Gasteiger partial charge in [-0.05, 0) is 12.8 Å². The van der Waals surface area contributed by atoms with Crippen LogP contribution in [0.4, 0.5) is 13.2 Å². The van der Waals surface area contributed by atoms with Crippen LogP contribution in [-0.2, 0) is 14.9 Å². The van der Waals surface area contributed by atoms with Crippen LogP contribution >= 0.6 is 0 Å². The van der Waals surface area contributed by atoms with Gasteiger partial charge in [-0.1, -0.05) is 0 Å². The van der Waals surface area contributed by atoms with Crippen molar-refractivity contribution < 1.29 is 26.3 Å². The Bertz CT molecular complexity index is 364. The quantitative estimate of drug-likeness (QED) is 0.771. The van der Waals surface area contributed by atoms with Crippen molar-refractivity contribution in [3.63, 3.8) is 0 Å². The molecule has 0 aromatic heterocycles. The molecule has 1 rings (SSSR count). The highest BCUT2D eigenvalue weighted by molar-refractivity contribution is 7.86. The number of hydrogen-bond acceptors (Lipinski definition) is 3. The van der Waals surface area contributed by atoms with E-state index in [-0.39, 0.29) is 26.1 Å². The van der Waals surface area contributed by atoms with Crippen molar-refractivity contribution in [2.75, 3.05) is 33.9 Å². The summed E-state index contributed by atoms with van der Waals surface area (Å²) in [6.45, 7) is -0.901. The maximum atomic E-state index is 12.5. The number of halogens is 3. The molecule has 1 heterocycles. The molecule has 0 spiro atoms. The first-order valence-electron chi connectivity index (χ1n) is 5.48. The lowest BCUT2D eigenvalue weighted by molar-refractivity contribution is -0.142. The van der Waals surface area contributed by atoms with E-state index in [1.807, 2.05) is 0 Å². The lowest BCUT2D eigenvalue weighted by Crippen LogP contribution is -2.51. The van der Waals surface area contributed by atoms with Crippen LogP contribution in [0.5, 0.6) is 0 Å². The van der Waals surface area contributed by atoms with Crippen molar-refractivity contribution in [3.05, 3.63) is 0 Å². The molecule has 0 unspecified atom stereocenters. The Hall–Kier alpha value is -0.380. The molecule has 0 aliphatic carbocycles. The second-order valence-corrected chi connectivity index (χ2v) is 6.39. The number of ether oxygens (including phenoxy) is 1. The SMILES string of the molecule is CN(C)S(=O)(=O)N(CC(F)(F)F)C1CCOCC1. The van der Waals surface area contributed by atoms with Gasteiger partial charge in [0.2, 0.25) is 0 Å². The van der Waals surface area contributed by atoms with E-state index in [4.69, 9.17) is 4.74 Å². The average Bonchev–Trinajstić information content (AvgIpc) is 2.25. The second-order valence-electron chi connectivity index (χ2n) is 4.29. The third-order valence-corrected chi connectivity index (χ3v) is 4.63. The molecule has 0 aromatic rings. The van der Waals surface area contributed by atoms with Crippen molar-refractivity contribution in [1.82, 2.24) is 8.61 Å². The Labute approximate surface area is 105 Å². The largest absolute Gasteiger partial charge is 0.402 e. The minimum atomic E-state index is -4.55. The molecule has 0 atom stereocenters.